The van der Waals surface area contributed by atoms with Crippen molar-refractivity contribution in [1.29, 1.82) is 0 Å². The Hall–Kier alpha value is -1.98. The van der Waals surface area contributed by atoms with Gasteiger partial charge in [-0.2, -0.15) is 5.10 Å². The van der Waals surface area contributed by atoms with Crippen LogP contribution in [0.2, 0.25) is 0 Å². The molecule has 1 amide bonds. The highest BCUT2D eigenvalue weighted by atomic mass is 32.1. The van der Waals surface area contributed by atoms with Gasteiger partial charge in [0.25, 0.3) is 5.91 Å². The van der Waals surface area contributed by atoms with E-state index in [0.29, 0.717) is 19.1 Å². The summed E-state index contributed by atoms with van der Waals surface area (Å²) in [6, 6.07) is 14.9. The Labute approximate surface area is 146 Å². The predicted molar refractivity (Wildman–Crippen MR) is 97.1 cm³/mol. The maximum atomic E-state index is 12.7. The van der Waals surface area contributed by atoms with Gasteiger partial charge in [0.15, 0.2) is 0 Å². The molecule has 0 saturated heterocycles. The molecule has 4 rings (SSSR count). The minimum absolute atomic E-state index is 0.115. The van der Waals surface area contributed by atoms with Crippen molar-refractivity contribution < 1.29 is 4.79 Å². The molecule has 1 saturated carbocycles. The van der Waals surface area contributed by atoms with E-state index in [-0.39, 0.29) is 5.91 Å². The summed E-state index contributed by atoms with van der Waals surface area (Å²) in [5.41, 5.74) is 2.13. The van der Waals surface area contributed by atoms with Gasteiger partial charge in [-0.3, -0.25) is 9.69 Å². The van der Waals surface area contributed by atoms with Gasteiger partial charge >= 0.3 is 0 Å². The second-order valence-corrected chi connectivity index (χ2v) is 7.43. The summed E-state index contributed by atoms with van der Waals surface area (Å²) in [6.45, 7) is 2.03. The number of rotatable bonds is 6. The number of hydrazone groups is 1. The van der Waals surface area contributed by atoms with Crippen LogP contribution in [-0.2, 0) is 11.3 Å². The number of nitrogens with zero attached hydrogens (tertiary/aromatic N) is 3. The molecule has 0 unspecified atom stereocenters. The molecule has 0 radical (unpaired) electrons. The van der Waals surface area contributed by atoms with Crippen molar-refractivity contribution in [1.82, 2.24) is 9.91 Å². The van der Waals surface area contributed by atoms with E-state index < -0.39 is 0 Å². The second-order valence-electron chi connectivity index (χ2n) is 6.40. The fourth-order valence-electron chi connectivity index (χ4n) is 3.08. The van der Waals surface area contributed by atoms with Gasteiger partial charge in [0.2, 0.25) is 0 Å². The molecule has 0 atom stereocenters. The maximum Gasteiger partial charge on any atom is 0.256 e. The average Bonchev–Trinajstić information content (AvgIpc) is 3.11. The number of hydrogen-bond donors (Lipinski definition) is 0. The normalized spacial score (nSPS) is 17.4. The van der Waals surface area contributed by atoms with Crippen LogP contribution in [0, 0.1) is 0 Å². The summed E-state index contributed by atoms with van der Waals surface area (Å²) in [5.74, 6) is 0.115. The van der Waals surface area contributed by atoms with E-state index in [0.717, 1.165) is 24.2 Å². The zero-order valence-electron chi connectivity index (χ0n) is 13.6. The van der Waals surface area contributed by atoms with Crippen LogP contribution in [-0.4, -0.2) is 40.7 Å². The molecule has 124 valence electrons. The molecule has 2 aromatic rings. The van der Waals surface area contributed by atoms with Gasteiger partial charge in [0.1, 0.15) is 0 Å². The topological polar surface area (TPSA) is 35.9 Å². The first-order valence-electron chi connectivity index (χ1n) is 8.49. The van der Waals surface area contributed by atoms with Gasteiger partial charge < -0.3 is 0 Å². The van der Waals surface area contributed by atoms with Gasteiger partial charge in [0, 0.05) is 23.9 Å². The van der Waals surface area contributed by atoms with Crippen LogP contribution in [0.4, 0.5) is 0 Å². The Balaban J connectivity index is 1.41. The lowest BCUT2D eigenvalue weighted by atomic mass is 10.1. The van der Waals surface area contributed by atoms with Crippen molar-refractivity contribution >= 4 is 23.0 Å². The third kappa shape index (κ3) is 3.57. The molecule has 0 bridgehead atoms. The summed E-state index contributed by atoms with van der Waals surface area (Å²) in [4.78, 5) is 16.3. The van der Waals surface area contributed by atoms with Crippen LogP contribution < -0.4 is 0 Å². The first-order chi connectivity index (χ1) is 11.8. The molecule has 1 aliphatic heterocycles. The first-order valence-corrected chi connectivity index (χ1v) is 9.37. The van der Waals surface area contributed by atoms with E-state index in [2.05, 4.69) is 39.6 Å². The van der Waals surface area contributed by atoms with Crippen LogP contribution in [0.25, 0.3) is 0 Å². The highest BCUT2D eigenvalue weighted by Gasteiger charge is 2.32. The quantitative estimate of drug-likeness (QED) is 0.809. The number of hydrogen-bond acceptors (Lipinski definition) is 4. The minimum Gasteiger partial charge on any atom is -0.286 e. The molecule has 0 spiro atoms. The molecular formula is C19H21N3OS. The molecule has 24 heavy (non-hydrogen) atoms. The molecule has 2 aliphatic rings. The molecule has 4 nitrogen and oxygen atoms in total. The number of thiophene rings is 1. The summed E-state index contributed by atoms with van der Waals surface area (Å²) < 4.78 is 0. The van der Waals surface area contributed by atoms with E-state index in [9.17, 15) is 4.79 Å². The van der Waals surface area contributed by atoms with E-state index in [4.69, 9.17) is 0 Å². The highest BCUT2D eigenvalue weighted by molar-refractivity contribution is 7.09. The fraction of sp³-hybridized carbons (Fsp3) is 0.368. The Bertz CT molecular complexity index is 722. The van der Waals surface area contributed by atoms with Crippen LogP contribution in [0.5, 0.6) is 0 Å². The molecular weight excluding hydrogens is 318 g/mol. The lowest BCUT2D eigenvalue weighted by molar-refractivity contribution is -0.132. The Morgan fingerprint density at radius 2 is 2.04 bits per heavy atom. The Morgan fingerprint density at radius 1 is 1.21 bits per heavy atom. The third-order valence-electron chi connectivity index (χ3n) is 4.54. The van der Waals surface area contributed by atoms with Crippen molar-refractivity contribution in [3.05, 3.63) is 58.3 Å². The zero-order chi connectivity index (χ0) is 16.4. The van der Waals surface area contributed by atoms with Crippen molar-refractivity contribution in [3.8, 4) is 0 Å². The van der Waals surface area contributed by atoms with E-state index in [1.165, 1.54) is 17.7 Å². The highest BCUT2D eigenvalue weighted by Crippen LogP contribution is 2.29. The molecule has 0 N–H and O–H groups in total. The SMILES string of the molecule is O=C(CN(Cc1cccs1)C1CC1)N1CCC(c2ccccc2)=N1. The van der Waals surface area contributed by atoms with Crippen molar-refractivity contribution in [3.63, 3.8) is 0 Å². The number of benzene rings is 1. The molecule has 5 heteroatoms. The average molecular weight is 339 g/mol. The summed E-state index contributed by atoms with van der Waals surface area (Å²) in [7, 11) is 0. The van der Waals surface area contributed by atoms with Crippen molar-refractivity contribution in [2.75, 3.05) is 13.1 Å². The third-order valence-corrected chi connectivity index (χ3v) is 5.40. The summed E-state index contributed by atoms with van der Waals surface area (Å²) in [6.07, 6.45) is 3.25. The van der Waals surface area contributed by atoms with E-state index in [1.54, 1.807) is 16.3 Å². The van der Waals surface area contributed by atoms with Crippen molar-refractivity contribution in [2.45, 2.75) is 31.8 Å². The summed E-state index contributed by atoms with van der Waals surface area (Å²) >= 11 is 1.76. The van der Waals surface area contributed by atoms with Gasteiger partial charge in [-0.1, -0.05) is 36.4 Å². The molecule has 2 heterocycles. The van der Waals surface area contributed by atoms with Crippen LogP contribution in [0.1, 0.15) is 29.7 Å². The van der Waals surface area contributed by atoms with Gasteiger partial charge in [-0.25, -0.2) is 5.01 Å². The van der Waals surface area contributed by atoms with Crippen LogP contribution >= 0.6 is 11.3 Å². The second kappa shape index (κ2) is 6.87. The lowest BCUT2D eigenvalue weighted by Crippen LogP contribution is -2.37. The molecule has 1 fully saturated rings. The molecule has 1 aromatic carbocycles. The smallest absolute Gasteiger partial charge is 0.256 e. The summed E-state index contributed by atoms with van der Waals surface area (Å²) in [5, 5.41) is 8.32. The first kappa shape index (κ1) is 15.5. The van der Waals surface area contributed by atoms with Crippen LogP contribution in [0.15, 0.2) is 52.9 Å². The van der Waals surface area contributed by atoms with Gasteiger partial charge in [-0.05, 0) is 29.9 Å². The van der Waals surface area contributed by atoms with E-state index >= 15 is 0 Å². The maximum absolute atomic E-state index is 12.7. The van der Waals surface area contributed by atoms with Crippen LogP contribution in [0.3, 0.4) is 0 Å². The van der Waals surface area contributed by atoms with Crippen molar-refractivity contribution in [2.24, 2.45) is 5.10 Å². The monoisotopic (exact) mass is 339 g/mol. The molecule has 1 aromatic heterocycles. The minimum atomic E-state index is 0.115. The van der Waals surface area contributed by atoms with Gasteiger partial charge in [0.05, 0.1) is 18.8 Å². The van der Waals surface area contributed by atoms with Gasteiger partial charge in [-0.15, -0.1) is 11.3 Å². The number of amides is 1. The largest absolute Gasteiger partial charge is 0.286 e. The Morgan fingerprint density at radius 3 is 2.75 bits per heavy atom. The predicted octanol–water partition coefficient (Wildman–Crippen LogP) is 3.35. The van der Waals surface area contributed by atoms with E-state index in [1.807, 2.05) is 18.2 Å². The number of carbonyl (C=O) groups excluding carboxylic acids is 1. The zero-order valence-corrected chi connectivity index (χ0v) is 14.4. The fourth-order valence-corrected chi connectivity index (χ4v) is 3.81. The lowest BCUT2D eigenvalue weighted by Gasteiger charge is -2.22. The Kier molecular flexibility index (Phi) is 4.45. The molecule has 1 aliphatic carbocycles. The standard InChI is InChI=1S/C19H21N3OS/c23-19(14-21(16-8-9-16)13-17-7-4-12-24-17)22-11-10-18(20-22)15-5-2-1-3-6-15/h1-7,12,16H,8-11,13-14H2. The number of carbonyl (C=O) groups is 1.